The van der Waals surface area contributed by atoms with Crippen LogP contribution in [0, 0.1) is 0 Å². The minimum absolute atomic E-state index is 0.00243. The number of carbonyl (C=O) groups is 1. The highest BCUT2D eigenvalue weighted by molar-refractivity contribution is 9.10. The number of nitrogens with one attached hydrogen (secondary N) is 2. The van der Waals surface area contributed by atoms with Crippen molar-refractivity contribution in [3.8, 4) is 0 Å². The summed E-state index contributed by atoms with van der Waals surface area (Å²) in [5, 5.41) is 10.8. The first-order valence-electron chi connectivity index (χ1n) is 8.79. The number of anilines is 2. The molecule has 9 heteroatoms. The smallest absolute Gasteiger partial charge is 0.217 e. The number of nitrogens with zero attached hydrogens (tertiary/aromatic N) is 5. The monoisotopic (exact) mass is 429 g/mol. The van der Waals surface area contributed by atoms with Crippen LogP contribution in [0.1, 0.15) is 18.9 Å². The Morgan fingerprint density at radius 2 is 2.30 bits per heavy atom. The number of aromatic nitrogens is 4. The maximum Gasteiger partial charge on any atom is 0.217 e. The van der Waals surface area contributed by atoms with Gasteiger partial charge in [0.15, 0.2) is 5.65 Å². The molecule has 0 bridgehead atoms. The molecule has 27 heavy (non-hydrogen) atoms. The Labute approximate surface area is 165 Å². The van der Waals surface area contributed by atoms with Crippen LogP contribution in [0.3, 0.4) is 0 Å². The Morgan fingerprint density at radius 3 is 3.07 bits per heavy atom. The van der Waals surface area contributed by atoms with E-state index in [0.29, 0.717) is 6.54 Å². The summed E-state index contributed by atoms with van der Waals surface area (Å²) in [5.74, 6) is 1.72. The second-order valence-corrected chi connectivity index (χ2v) is 7.43. The maximum absolute atomic E-state index is 11.3. The van der Waals surface area contributed by atoms with Crippen LogP contribution in [-0.4, -0.2) is 44.6 Å². The summed E-state index contributed by atoms with van der Waals surface area (Å²) in [5.41, 5.74) is 1.84. The summed E-state index contributed by atoms with van der Waals surface area (Å²) < 4.78 is 2.62. The van der Waals surface area contributed by atoms with Gasteiger partial charge in [0.2, 0.25) is 5.91 Å². The number of halogens is 1. The molecule has 140 valence electrons. The molecule has 0 aromatic carbocycles. The molecule has 0 saturated carbocycles. The molecule has 0 spiro atoms. The first kappa shape index (κ1) is 17.7. The molecule has 1 aliphatic rings. The van der Waals surface area contributed by atoms with Gasteiger partial charge in [-0.25, -0.2) is 4.98 Å². The van der Waals surface area contributed by atoms with E-state index in [0.717, 1.165) is 46.8 Å². The zero-order valence-corrected chi connectivity index (χ0v) is 16.5. The first-order chi connectivity index (χ1) is 13.1. The number of fused-ring (bicyclic) bond motifs is 1. The average molecular weight is 430 g/mol. The van der Waals surface area contributed by atoms with Gasteiger partial charge in [-0.1, -0.05) is 6.07 Å². The number of amides is 1. The van der Waals surface area contributed by atoms with Gasteiger partial charge in [-0.15, -0.1) is 0 Å². The number of hydrogen-bond acceptors (Lipinski definition) is 6. The molecule has 0 radical (unpaired) electrons. The Morgan fingerprint density at radius 1 is 1.41 bits per heavy atom. The topological polar surface area (TPSA) is 87.5 Å². The van der Waals surface area contributed by atoms with Gasteiger partial charge in [-0.3, -0.25) is 9.78 Å². The van der Waals surface area contributed by atoms with Crippen molar-refractivity contribution in [2.45, 2.75) is 25.9 Å². The fraction of sp³-hybridized carbons (Fsp3) is 0.333. The highest BCUT2D eigenvalue weighted by Crippen LogP contribution is 2.26. The fourth-order valence-corrected chi connectivity index (χ4v) is 3.63. The molecule has 2 N–H and O–H groups in total. The van der Waals surface area contributed by atoms with Crippen LogP contribution in [0.5, 0.6) is 0 Å². The lowest BCUT2D eigenvalue weighted by molar-refractivity contribution is -0.119. The van der Waals surface area contributed by atoms with Crippen LogP contribution in [0.15, 0.2) is 41.3 Å². The highest BCUT2D eigenvalue weighted by atomic mass is 79.9. The zero-order valence-electron chi connectivity index (χ0n) is 14.9. The third kappa shape index (κ3) is 3.87. The van der Waals surface area contributed by atoms with Crippen LogP contribution in [0.25, 0.3) is 5.65 Å². The quantitative estimate of drug-likeness (QED) is 0.646. The molecule has 1 aliphatic heterocycles. The van der Waals surface area contributed by atoms with E-state index < -0.39 is 0 Å². The van der Waals surface area contributed by atoms with E-state index in [-0.39, 0.29) is 11.9 Å². The van der Waals surface area contributed by atoms with Crippen molar-refractivity contribution >= 4 is 39.1 Å². The van der Waals surface area contributed by atoms with Gasteiger partial charge < -0.3 is 15.5 Å². The number of rotatable bonds is 5. The molecule has 1 amide bonds. The minimum Gasteiger partial charge on any atom is -0.366 e. The average Bonchev–Trinajstić information content (AvgIpc) is 3.27. The predicted molar refractivity (Wildman–Crippen MR) is 107 cm³/mol. The molecule has 1 atom stereocenters. The molecule has 3 aromatic rings. The molecule has 0 aliphatic carbocycles. The van der Waals surface area contributed by atoms with Crippen molar-refractivity contribution in [1.82, 2.24) is 24.9 Å². The molecular formula is C18H20BrN7O. The number of carbonyl (C=O) groups excluding carboxylic acids is 1. The van der Waals surface area contributed by atoms with E-state index in [1.54, 1.807) is 23.8 Å². The Balaban J connectivity index is 1.60. The Kier molecular flexibility index (Phi) is 4.93. The van der Waals surface area contributed by atoms with E-state index in [9.17, 15) is 4.79 Å². The van der Waals surface area contributed by atoms with Crippen molar-refractivity contribution in [2.75, 3.05) is 23.3 Å². The zero-order chi connectivity index (χ0) is 18.8. The molecule has 4 rings (SSSR count). The van der Waals surface area contributed by atoms with Crippen LogP contribution >= 0.6 is 15.9 Å². The summed E-state index contributed by atoms with van der Waals surface area (Å²) in [4.78, 5) is 22.4. The van der Waals surface area contributed by atoms with Crippen molar-refractivity contribution in [3.63, 3.8) is 0 Å². The number of pyridine rings is 1. The van der Waals surface area contributed by atoms with E-state index in [4.69, 9.17) is 4.98 Å². The Bertz CT molecular complexity index is 959. The lowest BCUT2D eigenvalue weighted by atomic mass is 10.2. The lowest BCUT2D eigenvalue weighted by Crippen LogP contribution is -2.35. The standard InChI is InChI=1S/C18H20BrN7O/c1-12(27)23-14-4-6-25(11-14)17-7-16(21-9-13-3-2-5-20-8-13)26-18(24-17)15(19)10-22-26/h2-3,5,7-8,10,14,21H,4,6,9,11H2,1H3,(H,23,27)/t14-/m0/s1. The normalized spacial score (nSPS) is 16.7. The van der Waals surface area contributed by atoms with Crippen molar-refractivity contribution < 1.29 is 4.79 Å². The minimum atomic E-state index is 0.00243. The van der Waals surface area contributed by atoms with E-state index in [1.807, 2.05) is 24.4 Å². The van der Waals surface area contributed by atoms with E-state index >= 15 is 0 Å². The van der Waals surface area contributed by atoms with Crippen molar-refractivity contribution in [1.29, 1.82) is 0 Å². The van der Waals surface area contributed by atoms with Crippen LogP contribution in [0.2, 0.25) is 0 Å². The van der Waals surface area contributed by atoms with E-state index in [1.165, 1.54) is 0 Å². The highest BCUT2D eigenvalue weighted by Gasteiger charge is 2.25. The molecule has 3 aromatic heterocycles. The molecular weight excluding hydrogens is 410 g/mol. The van der Waals surface area contributed by atoms with Crippen LogP contribution < -0.4 is 15.5 Å². The SMILES string of the molecule is CC(=O)N[C@H]1CCN(c2cc(NCc3cccnc3)n3ncc(Br)c3n2)C1. The van der Waals surface area contributed by atoms with Crippen molar-refractivity contribution in [2.24, 2.45) is 0 Å². The third-order valence-electron chi connectivity index (χ3n) is 4.53. The molecule has 1 fully saturated rings. The maximum atomic E-state index is 11.3. The van der Waals surface area contributed by atoms with Gasteiger partial charge in [0.1, 0.15) is 11.6 Å². The molecule has 4 heterocycles. The second kappa shape index (κ2) is 7.51. The summed E-state index contributed by atoms with van der Waals surface area (Å²) in [6.07, 6.45) is 6.25. The fourth-order valence-electron chi connectivity index (χ4n) is 3.28. The second-order valence-electron chi connectivity index (χ2n) is 6.57. The largest absolute Gasteiger partial charge is 0.366 e. The first-order valence-corrected chi connectivity index (χ1v) is 9.58. The summed E-state index contributed by atoms with van der Waals surface area (Å²) in [6.45, 7) is 3.79. The van der Waals surface area contributed by atoms with E-state index in [2.05, 4.69) is 41.5 Å². The molecule has 1 saturated heterocycles. The number of hydrogen-bond donors (Lipinski definition) is 2. The predicted octanol–water partition coefficient (Wildman–Crippen LogP) is 2.21. The van der Waals surface area contributed by atoms with Gasteiger partial charge in [-0.2, -0.15) is 9.61 Å². The van der Waals surface area contributed by atoms with Crippen molar-refractivity contribution in [3.05, 3.63) is 46.8 Å². The summed E-state index contributed by atoms with van der Waals surface area (Å²) >= 11 is 3.53. The summed E-state index contributed by atoms with van der Waals surface area (Å²) in [6, 6.07) is 6.10. The van der Waals surface area contributed by atoms with Gasteiger partial charge >= 0.3 is 0 Å². The van der Waals surface area contributed by atoms with Crippen LogP contribution in [-0.2, 0) is 11.3 Å². The van der Waals surface area contributed by atoms with Gasteiger partial charge in [0.05, 0.1) is 10.7 Å². The molecule has 0 unspecified atom stereocenters. The summed E-state index contributed by atoms with van der Waals surface area (Å²) in [7, 11) is 0. The molecule has 8 nitrogen and oxygen atoms in total. The van der Waals surface area contributed by atoms with Crippen LogP contribution in [0.4, 0.5) is 11.6 Å². The Hall–Kier alpha value is -2.68. The third-order valence-corrected chi connectivity index (χ3v) is 5.09. The van der Waals surface area contributed by atoms with Gasteiger partial charge in [0.25, 0.3) is 0 Å². The van der Waals surface area contributed by atoms with Gasteiger partial charge in [0, 0.05) is 51.1 Å². The van der Waals surface area contributed by atoms with Gasteiger partial charge in [-0.05, 0) is 34.0 Å². The lowest BCUT2D eigenvalue weighted by Gasteiger charge is -2.19.